The Balaban J connectivity index is 2.37. The summed E-state index contributed by atoms with van der Waals surface area (Å²) in [4.78, 5) is 0. The molecule has 0 saturated heterocycles. The number of benzene rings is 1. The van der Waals surface area contributed by atoms with Gasteiger partial charge in [0, 0.05) is 5.39 Å². The maximum Gasteiger partial charge on any atom is 0.134 e. The first-order valence-electron chi connectivity index (χ1n) is 4.98. The van der Waals surface area contributed by atoms with E-state index in [9.17, 15) is 0 Å². The molecule has 0 amide bonds. The molecule has 0 saturated carbocycles. The summed E-state index contributed by atoms with van der Waals surface area (Å²) in [6.45, 7) is 2.81. The van der Waals surface area contributed by atoms with Crippen LogP contribution in [0.5, 0.6) is 0 Å². The number of fused-ring (bicyclic) bond motifs is 1. The van der Waals surface area contributed by atoms with Crippen LogP contribution in [0.4, 0.5) is 0 Å². The van der Waals surface area contributed by atoms with Crippen molar-refractivity contribution in [2.75, 3.05) is 6.54 Å². The zero-order chi connectivity index (χ0) is 9.97. The van der Waals surface area contributed by atoms with E-state index in [4.69, 9.17) is 10.2 Å². The summed E-state index contributed by atoms with van der Waals surface area (Å²) >= 11 is 0. The molecule has 0 bridgehead atoms. The summed E-state index contributed by atoms with van der Waals surface area (Å²) < 4.78 is 5.49. The van der Waals surface area contributed by atoms with Crippen LogP contribution in [0.25, 0.3) is 11.0 Å². The summed E-state index contributed by atoms with van der Waals surface area (Å²) in [6, 6.07) is 6.31. The van der Waals surface area contributed by atoms with Gasteiger partial charge in [0.2, 0.25) is 0 Å². The summed E-state index contributed by atoms with van der Waals surface area (Å²) in [5, 5.41) is 1.23. The largest absolute Gasteiger partial charge is 0.464 e. The van der Waals surface area contributed by atoms with Gasteiger partial charge in [-0.2, -0.15) is 0 Å². The van der Waals surface area contributed by atoms with Crippen molar-refractivity contribution in [2.45, 2.75) is 19.8 Å². The van der Waals surface area contributed by atoms with Crippen LogP contribution in [0.15, 0.2) is 28.9 Å². The average Bonchev–Trinajstić information content (AvgIpc) is 2.57. The van der Waals surface area contributed by atoms with E-state index in [1.807, 2.05) is 6.26 Å². The molecule has 74 valence electrons. The summed E-state index contributed by atoms with van der Waals surface area (Å²) in [6.07, 6.45) is 3.87. The van der Waals surface area contributed by atoms with Crippen LogP contribution in [0.2, 0.25) is 0 Å². The molecular formula is C12H15NO. The minimum atomic E-state index is 0.735. The Bertz CT molecular complexity index is 431. The lowest BCUT2D eigenvalue weighted by atomic mass is 10.1. The molecule has 0 radical (unpaired) electrons. The summed E-state index contributed by atoms with van der Waals surface area (Å²) in [7, 11) is 0. The molecule has 0 spiro atoms. The highest BCUT2D eigenvalue weighted by atomic mass is 16.3. The number of furan rings is 1. The topological polar surface area (TPSA) is 39.2 Å². The lowest BCUT2D eigenvalue weighted by Gasteiger charge is -1.96. The van der Waals surface area contributed by atoms with Crippen molar-refractivity contribution < 1.29 is 4.42 Å². The van der Waals surface area contributed by atoms with E-state index >= 15 is 0 Å². The zero-order valence-corrected chi connectivity index (χ0v) is 8.42. The van der Waals surface area contributed by atoms with Crippen molar-refractivity contribution in [3.8, 4) is 0 Å². The van der Waals surface area contributed by atoms with Crippen LogP contribution in [0.1, 0.15) is 17.5 Å². The fourth-order valence-electron chi connectivity index (χ4n) is 1.68. The van der Waals surface area contributed by atoms with Gasteiger partial charge < -0.3 is 10.2 Å². The Morgan fingerprint density at radius 2 is 2.21 bits per heavy atom. The smallest absolute Gasteiger partial charge is 0.134 e. The van der Waals surface area contributed by atoms with Gasteiger partial charge in [-0.05, 0) is 43.5 Å². The molecule has 14 heavy (non-hydrogen) atoms. The van der Waals surface area contributed by atoms with E-state index in [-0.39, 0.29) is 0 Å². The zero-order valence-electron chi connectivity index (χ0n) is 8.42. The third kappa shape index (κ3) is 1.66. The highest BCUT2D eigenvalue weighted by Crippen LogP contribution is 2.23. The lowest BCUT2D eigenvalue weighted by Crippen LogP contribution is -1.99. The van der Waals surface area contributed by atoms with E-state index < -0.39 is 0 Å². The van der Waals surface area contributed by atoms with Gasteiger partial charge >= 0.3 is 0 Å². The number of aryl methyl sites for hydroxylation is 2. The van der Waals surface area contributed by atoms with Crippen LogP contribution < -0.4 is 5.73 Å². The van der Waals surface area contributed by atoms with Gasteiger partial charge in [0.25, 0.3) is 0 Å². The molecule has 1 aromatic heterocycles. The Morgan fingerprint density at radius 1 is 1.36 bits per heavy atom. The fourth-order valence-corrected chi connectivity index (χ4v) is 1.68. The van der Waals surface area contributed by atoms with E-state index in [0.717, 1.165) is 25.0 Å². The normalized spacial score (nSPS) is 11.0. The van der Waals surface area contributed by atoms with Crippen LogP contribution >= 0.6 is 0 Å². The first-order valence-corrected chi connectivity index (χ1v) is 4.98. The molecule has 0 aliphatic heterocycles. The second-order valence-corrected chi connectivity index (χ2v) is 3.65. The molecule has 2 nitrogen and oxygen atoms in total. The van der Waals surface area contributed by atoms with E-state index in [2.05, 4.69) is 25.1 Å². The second-order valence-electron chi connectivity index (χ2n) is 3.65. The molecule has 1 heterocycles. The highest BCUT2D eigenvalue weighted by Gasteiger charge is 2.04. The molecule has 1 aromatic carbocycles. The fraction of sp³-hybridized carbons (Fsp3) is 0.333. The second kappa shape index (κ2) is 3.84. The number of nitrogens with two attached hydrogens (primary N) is 1. The van der Waals surface area contributed by atoms with Crippen LogP contribution in [-0.2, 0) is 6.42 Å². The maximum atomic E-state index is 5.49. The first-order chi connectivity index (χ1) is 6.81. The monoisotopic (exact) mass is 189 g/mol. The molecule has 2 N–H and O–H groups in total. The van der Waals surface area contributed by atoms with Crippen LogP contribution in [-0.4, -0.2) is 6.54 Å². The predicted molar refractivity (Wildman–Crippen MR) is 58.3 cm³/mol. The molecule has 0 fully saturated rings. The van der Waals surface area contributed by atoms with Crippen molar-refractivity contribution in [2.24, 2.45) is 5.73 Å². The maximum absolute atomic E-state index is 5.49. The van der Waals surface area contributed by atoms with Crippen molar-refractivity contribution in [3.05, 3.63) is 35.6 Å². The molecule has 0 aliphatic rings. The molecule has 2 aromatic rings. The van der Waals surface area contributed by atoms with Crippen LogP contribution in [0, 0.1) is 6.92 Å². The minimum absolute atomic E-state index is 0.735. The predicted octanol–water partition coefficient (Wildman–Crippen LogP) is 2.63. The van der Waals surface area contributed by atoms with Gasteiger partial charge in [-0.1, -0.05) is 12.1 Å². The van der Waals surface area contributed by atoms with Gasteiger partial charge in [-0.25, -0.2) is 0 Å². The molecule has 2 rings (SSSR count). The van der Waals surface area contributed by atoms with Crippen molar-refractivity contribution >= 4 is 11.0 Å². The molecular weight excluding hydrogens is 174 g/mol. The Labute approximate surface area is 83.7 Å². The lowest BCUT2D eigenvalue weighted by molar-refractivity contribution is 0.608. The minimum Gasteiger partial charge on any atom is -0.464 e. The van der Waals surface area contributed by atoms with Gasteiger partial charge in [0.1, 0.15) is 5.58 Å². The Morgan fingerprint density at radius 3 is 3.00 bits per heavy atom. The van der Waals surface area contributed by atoms with E-state index in [1.54, 1.807) is 0 Å². The number of hydrogen-bond acceptors (Lipinski definition) is 2. The summed E-state index contributed by atoms with van der Waals surface area (Å²) in [5.74, 6) is 0. The van der Waals surface area contributed by atoms with Gasteiger partial charge in [-0.15, -0.1) is 0 Å². The van der Waals surface area contributed by atoms with Crippen molar-refractivity contribution in [1.82, 2.24) is 0 Å². The Kier molecular flexibility index (Phi) is 2.55. The van der Waals surface area contributed by atoms with Crippen LogP contribution in [0.3, 0.4) is 0 Å². The molecule has 0 aliphatic carbocycles. The Hall–Kier alpha value is -1.28. The molecule has 2 heteroatoms. The third-order valence-corrected chi connectivity index (χ3v) is 2.46. The van der Waals surface area contributed by atoms with E-state index in [0.29, 0.717) is 0 Å². The third-order valence-electron chi connectivity index (χ3n) is 2.46. The van der Waals surface area contributed by atoms with Crippen molar-refractivity contribution in [3.63, 3.8) is 0 Å². The van der Waals surface area contributed by atoms with Gasteiger partial charge in [0.15, 0.2) is 0 Å². The molecule has 0 atom stereocenters. The molecule has 0 unspecified atom stereocenters. The summed E-state index contributed by atoms with van der Waals surface area (Å²) in [5.41, 5.74) is 8.97. The SMILES string of the molecule is Cc1ccc2c(CCCN)coc2c1. The number of hydrogen-bond donors (Lipinski definition) is 1. The number of rotatable bonds is 3. The first kappa shape index (κ1) is 9.28. The van der Waals surface area contributed by atoms with E-state index in [1.165, 1.54) is 16.5 Å². The van der Waals surface area contributed by atoms with Crippen molar-refractivity contribution in [1.29, 1.82) is 0 Å². The quantitative estimate of drug-likeness (QED) is 0.806. The highest BCUT2D eigenvalue weighted by molar-refractivity contribution is 5.81. The average molecular weight is 189 g/mol. The standard InChI is InChI=1S/C12H15NO/c1-9-4-5-11-10(3-2-6-13)8-14-12(11)7-9/h4-5,7-8H,2-3,6,13H2,1H3. The van der Waals surface area contributed by atoms with Gasteiger partial charge in [-0.3, -0.25) is 0 Å². The van der Waals surface area contributed by atoms with Gasteiger partial charge in [0.05, 0.1) is 6.26 Å².